The molecule has 0 saturated carbocycles. The minimum Gasteiger partial charge on any atom is -0.475 e. The second-order valence-electron chi connectivity index (χ2n) is 2.66. The van der Waals surface area contributed by atoms with E-state index in [0.717, 1.165) is 6.07 Å². The first-order valence-corrected chi connectivity index (χ1v) is 5.66. The number of sulfone groups is 1. The molecule has 0 aliphatic carbocycles. The van der Waals surface area contributed by atoms with Crippen molar-refractivity contribution in [1.82, 2.24) is 5.16 Å². The third kappa shape index (κ3) is 2.56. The van der Waals surface area contributed by atoms with Crippen molar-refractivity contribution in [1.29, 1.82) is 0 Å². The van der Waals surface area contributed by atoms with E-state index in [-0.39, 0.29) is 23.0 Å². The molecule has 7 heteroatoms. The standard InChI is InChI=1S/C7H9NO5S/c1-2-14(11,12)4-5-3-6(7(9)10)13-8-5/h3H,2,4H2,1H3,(H,9,10). The van der Waals surface area contributed by atoms with E-state index in [1.165, 1.54) is 6.92 Å². The summed E-state index contributed by atoms with van der Waals surface area (Å²) in [6.07, 6.45) is 0. The van der Waals surface area contributed by atoms with E-state index >= 15 is 0 Å². The van der Waals surface area contributed by atoms with Crippen LogP contribution in [0.2, 0.25) is 0 Å². The number of aromatic carboxylic acids is 1. The Hall–Kier alpha value is -1.37. The maximum absolute atomic E-state index is 11.1. The molecule has 1 aromatic heterocycles. The summed E-state index contributed by atoms with van der Waals surface area (Å²) in [5, 5.41) is 11.8. The number of carboxylic acid groups (broad SMARTS) is 1. The highest BCUT2D eigenvalue weighted by Gasteiger charge is 2.16. The minimum atomic E-state index is -3.20. The van der Waals surface area contributed by atoms with Gasteiger partial charge in [-0.1, -0.05) is 12.1 Å². The molecule has 1 aromatic rings. The lowest BCUT2D eigenvalue weighted by molar-refractivity contribution is 0.0652. The molecule has 0 spiro atoms. The number of carbonyl (C=O) groups is 1. The van der Waals surface area contributed by atoms with Gasteiger partial charge in [-0.2, -0.15) is 0 Å². The fourth-order valence-electron chi connectivity index (χ4n) is 0.808. The highest BCUT2D eigenvalue weighted by molar-refractivity contribution is 7.90. The van der Waals surface area contributed by atoms with Crippen LogP contribution in [0, 0.1) is 0 Å². The van der Waals surface area contributed by atoms with Crippen LogP contribution in [0.15, 0.2) is 10.6 Å². The van der Waals surface area contributed by atoms with Crippen molar-refractivity contribution >= 4 is 15.8 Å². The van der Waals surface area contributed by atoms with Crippen molar-refractivity contribution in [3.8, 4) is 0 Å². The molecule has 6 nitrogen and oxygen atoms in total. The summed E-state index contributed by atoms with van der Waals surface area (Å²) < 4.78 is 26.6. The zero-order valence-corrected chi connectivity index (χ0v) is 8.24. The zero-order valence-electron chi connectivity index (χ0n) is 7.43. The SMILES string of the molecule is CCS(=O)(=O)Cc1cc(C(=O)O)on1. The number of hydrogen-bond donors (Lipinski definition) is 1. The summed E-state index contributed by atoms with van der Waals surface area (Å²) in [5.74, 6) is -1.92. The van der Waals surface area contributed by atoms with Gasteiger partial charge >= 0.3 is 5.97 Å². The minimum absolute atomic E-state index is 0.0116. The van der Waals surface area contributed by atoms with Crippen LogP contribution in [0.4, 0.5) is 0 Å². The largest absolute Gasteiger partial charge is 0.475 e. The first-order chi connectivity index (χ1) is 6.44. The van der Waals surface area contributed by atoms with Gasteiger partial charge in [0.1, 0.15) is 0 Å². The van der Waals surface area contributed by atoms with E-state index in [9.17, 15) is 13.2 Å². The molecule has 78 valence electrons. The van der Waals surface area contributed by atoms with Crippen molar-refractivity contribution < 1.29 is 22.8 Å². The summed E-state index contributed by atoms with van der Waals surface area (Å²) >= 11 is 0. The van der Waals surface area contributed by atoms with Crippen LogP contribution in [0.25, 0.3) is 0 Å². The molecule has 0 aliphatic rings. The zero-order chi connectivity index (χ0) is 10.8. The lowest BCUT2D eigenvalue weighted by atomic mass is 10.4. The molecule has 0 bridgehead atoms. The first kappa shape index (κ1) is 10.7. The fraction of sp³-hybridized carbons (Fsp3) is 0.429. The lowest BCUT2D eigenvalue weighted by Gasteiger charge is -1.94. The molecule has 14 heavy (non-hydrogen) atoms. The Morgan fingerprint density at radius 3 is 2.71 bits per heavy atom. The van der Waals surface area contributed by atoms with E-state index < -0.39 is 15.8 Å². The van der Waals surface area contributed by atoms with Crippen molar-refractivity contribution in [2.24, 2.45) is 0 Å². The molecule has 1 N–H and O–H groups in total. The van der Waals surface area contributed by atoms with Gasteiger partial charge in [-0.05, 0) is 0 Å². The Kier molecular flexibility index (Phi) is 2.90. The van der Waals surface area contributed by atoms with Gasteiger partial charge in [-0.15, -0.1) is 0 Å². The molecule has 0 saturated heterocycles. The monoisotopic (exact) mass is 219 g/mol. The summed E-state index contributed by atoms with van der Waals surface area (Å²) in [4.78, 5) is 10.4. The molecule has 0 aliphatic heterocycles. The van der Waals surface area contributed by atoms with E-state index in [1.807, 2.05) is 0 Å². The highest BCUT2D eigenvalue weighted by atomic mass is 32.2. The van der Waals surface area contributed by atoms with Crippen LogP contribution >= 0.6 is 0 Å². The van der Waals surface area contributed by atoms with Gasteiger partial charge in [-0.3, -0.25) is 0 Å². The summed E-state index contributed by atoms with van der Waals surface area (Å²) in [7, 11) is -3.20. The smallest absolute Gasteiger partial charge is 0.374 e. The van der Waals surface area contributed by atoms with Gasteiger partial charge in [0.05, 0.1) is 11.4 Å². The number of aromatic nitrogens is 1. The Bertz CT molecular complexity index is 433. The quantitative estimate of drug-likeness (QED) is 0.782. The Balaban J connectivity index is 2.84. The van der Waals surface area contributed by atoms with E-state index in [1.54, 1.807) is 0 Å². The van der Waals surface area contributed by atoms with Gasteiger partial charge in [0, 0.05) is 11.8 Å². The lowest BCUT2D eigenvalue weighted by Crippen LogP contribution is -2.06. The van der Waals surface area contributed by atoms with Crippen molar-refractivity contribution in [3.05, 3.63) is 17.5 Å². The van der Waals surface area contributed by atoms with Crippen LogP contribution in [-0.4, -0.2) is 30.4 Å². The average Bonchev–Trinajstić information content (AvgIpc) is 2.52. The van der Waals surface area contributed by atoms with Gasteiger partial charge < -0.3 is 9.63 Å². The normalized spacial score (nSPS) is 11.5. The van der Waals surface area contributed by atoms with Crippen LogP contribution in [-0.2, 0) is 15.6 Å². The van der Waals surface area contributed by atoms with Crippen molar-refractivity contribution in [2.75, 3.05) is 5.75 Å². The molecular formula is C7H9NO5S. The second kappa shape index (κ2) is 3.79. The van der Waals surface area contributed by atoms with Crippen LogP contribution in [0.3, 0.4) is 0 Å². The number of nitrogens with zero attached hydrogens (tertiary/aromatic N) is 1. The number of hydrogen-bond acceptors (Lipinski definition) is 5. The molecule has 0 amide bonds. The highest BCUT2D eigenvalue weighted by Crippen LogP contribution is 2.07. The van der Waals surface area contributed by atoms with Gasteiger partial charge in [0.15, 0.2) is 9.84 Å². The van der Waals surface area contributed by atoms with Gasteiger partial charge in [0.2, 0.25) is 5.76 Å². The van der Waals surface area contributed by atoms with Crippen LogP contribution in [0.5, 0.6) is 0 Å². The predicted molar refractivity (Wildman–Crippen MR) is 46.6 cm³/mol. The first-order valence-electron chi connectivity index (χ1n) is 3.84. The predicted octanol–water partition coefficient (Wildman–Crippen LogP) is 0.308. The molecular weight excluding hydrogens is 210 g/mol. The fourth-order valence-corrected chi connectivity index (χ4v) is 1.60. The Labute approximate surface area is 80.4 Å². The third-order valence-electron chi connectivity index (χ3n) is 1.58. The average molecular weight is 219 g/mol. The Morgan fingerprint density at radius 1 is 1.64 bits per heavy atom. The summed E-state index contributed by atoms with van der Waals surface area (Å²) in [6.45, 7) is 1.51. The molecule has 0 radical (unpaired) electrons. The molecule has 0 aromatic carbocycles. The molecule has 0 fully saturated rings. The van der Waals surface area contributed by atoms with Crippen molar-refractivity contribution in [3.63, 3.8) is 0 Å². The van der Waals surface area contributed by atoms with E-state index in [4.69, 9.17) is 5.11 Å². The topological polar surface area (TPSA) is 97.5 Å². The van der Waals surface area contributed by atoms with Crippen molar-refractivity contribution in [2.45, 2.75) is 12.7 Å². The van der Waals surface area contributed by atoms with Crippen LogP contribution < -0.4 is 0 Å². The van der Waals surface area contributed by atoms with E-state index in [0.29, 0.717) is 0 Å². The second-order valence-corrected chi connectivity index (χ2v) is 5.02. The summed E-state index contributed by atoms with van der Waals surface area (Å²) in [5.41, 5.74) is 0.115. The maximum atomic E-state index is 11.1. The van der Waals surface area contributed by atoms with E-state index in [2.05, 4.69) is 9.68 Å². The number of rotatable bonds is 4. The maximum Gasteiger partial charge on any atom is 0.374 e. The molecule has 0 atom stereocenters. The molecule has 1 heterocycles. The molecule has 0 unspecified atom stereocenters. The number of carboxylic acids is 1. The third-order valence-corrected chi connectivity index (χ3v) is 3.19. The van der Waals surface area contributed by atoms with Crippen LogP contribution in [0.1, 0.15) is 23.2 Å². The van der Waals surface area contributed by atoms with Gasteiger partial charge in [-0.25, -0.2) is 13.2 Å². The summed E-state index contributed by atoms with van der Waals surface area (Å²) in [6, 6.07) is 1.11. The molecule has 1 rings (SSSR count). The van der Waals surface area contributed by atoms with Gasteiger partial charge in [0.25, 0.3) is 0 Å². The Morgan fingerprint density at radius 2 is 2.29 bits per heavy atom.